The molecule has 0 saturated carbocycles. The highest BCUT2D eigenvalue weighted by atomic mass is 16.5. The number of aliphatic imine (C=N–C) groups is 1. The molecule has 20 heavy (non-hydrogen) atoms. The van der Waals surface area contributed by atoms with Crippen LogP contribution in [0.25, 0.3) is 11.1 Å². The van der Waals surface area contributed by atoms with Crippen molar-refractivity contribution in [2.75, 3.05) is 14.2 Å². The van der Waals surface area contributed by atoms with Gasteiger partial charge in [-0.2, -0.15) is 0 Å². The fourth-order valence-electron chi connectivity index (χ4n) is 1.78. The highest BCUT2D eigenvalue weighted by Gasteiger charge is 2.05. The van der Waals surface area contributed by atoms with E-state index >= 15 is 0 Å². The molecule has 2 aromatic rings. The van der Waals surface area contributed by atoms with Gasteiger partial charge in [0.05, 0.1) is 20.1 Å². The van der Waals surface area contributed by atoms with E-state index in [-0.39, 0.29) is 0 Å². The Labute approximate surface area is 118 Å². The van der Waals surface area contributed by atoms with Gasteiger partial charge in [0.25, 0.3) is 0 Å². The Kier molecular flexibility index (Phi) is 4.20. The van der Waals surface area contributed by atoms with Gasteiger partial charge < -0.3 is 15.2 Å². The predicted octanol–water partition coefficient (Wildman–Crippen LogP) is 2.77. The van der Waals surface area contributed by atoms with Crippen LogP contribution in [0.1, 0.15) is 6.92 Å². The molecule has 104 valence electrons. The van der Waals surface area contributed by atoms with Crippen molar-refractivity contribution in [2.45, 2.75) is 6.92 Å². The first-order chi connectivity index (χ1) is 9.62. The first-order valence-corrected chi connectivity index (χ1v) is 6.12. The molecular weight excluding hydrogens is 254 g/mol. The Morgan fingerprint density at radius 3 is 2.15 bits per heavy atom. The van der Waals surface area contributed by atoms with Crippen LogP contribution in [-0.2, 0) is 0 Å². The first-order valence-electron chi connectivity index (χ1n) is 6.12. The largest absolute Gasteiger partial charge is 0.497 e. The molecule has 0 unspecified atom stereocenters. The molecule has 0 atom stereocenters. The lowest BCUT2D eigenvalue weighted by molar-refractivity contribution is 0.394. The van der Waals surface area contributed by atoms with Crippen LogP contribution >= 0.6 is 0 Å². The maximum atomic E-state index is 5.53. The van der Waals surface area contributed by atoms with E-state index in [1.54, 1.807) is 27.3 Å². The summed E-state index contributed by atoms with van der Waals surface area (Å²) in [6.07, 6.45) is 1.75. The number of benzene rings is 1. The van der Waals surface area contributed by atoms with Crippen LogP contribution in [0.3, 0.4) is 0 Å². The summed E-state index contributed by atoms with van der Waals surface area (Å²) in [5.74, 6) is 2.54. The molecule has 0 spiro atoms. The second-order valence-electron chi connectivity index (χ2n) is 4.26. The molecule has 1 aromatic carbocycles. The van der Waals surface area contributed by atoms with Crippen molar-refractivity contribution in [2.24, 2.45) is 10.7 Å². The van der Waals surface area contributed by atoms with E-state index in [1.165, 1.54) is 0 Å². The molecule has 0 aliphatic heterocycles. The quantitative estimate of drug-likeness (QED) is 0.685. The average Bonchev–Trinajstić information content (AvgIpc) is 2.46. The molecule has 0 saturated heterocycles. The van der Waals surface area contributed by atoms with Gasteiger partial charge in [-0.25, -0.2) is 9.98 Å². The zero-order chi connectivity index (χ0) is 14.5. The molecule has 2 rings (SSSR count). The van der Waals surface area contributed by atoms with Crippen molar-refractivity contribution < 1.29 is 9.47 Å². The van der Waals surface area contributed by atoms with Crippen LogP contribution in [0.4, 0.5) is 5.82 Å². The number of aromatic nitrogens is 1. The molecule has 5 heteroatoms. The summed E-state index contributed by atoms with van der Waals surface area (Å²) in [6, 6.07) is 9.43. The summed E-state index contributed by atoms with van der Waals surface area (Å²) < 4.78 is 10.5. The number of nitrogens with two attached hydrogens (primary N) is 1. The molecule has 0 aliphatic rings. The van der Waals surface area contributed by atoms with Crippen molar-refractivity contribution in [3.05, 3.63) is 36.5 Å². The Bertz CT molecular complexity index is 595. The van der Waals surface area contributed by atoms with Gasteiger partial charge in [0.2, 0.25) is 0 Å². The number of hydrogen-bond acceptors (Lipinski definition) is 4. The number of ether oxygens (including phenoxy) is 2. The SMILES string of the molecule is COc1cc(OC)cc(-c2ccc(N=C(C)N)nc2)c1. The third-order valence-electron chi connectivity index (χ3n) is 2.72. The van der Waals surface area contributed by atoms with Crippen LogP contribution in [-0.4, -0.2) is 25.0 Å². The van der Waals surface area contributed by atoms with E-state index in [4.69, 9.17) is 15.2 Å². The van der Waals surface area contributed by atoms with E-state index in [0.717, 1.165) is 22.6 Å². The minimum absolute atomic E-state index is 0.480. The van der Waals surface area contributed by atoms with Gasteiger partial charge >= 0.3 is 0 Å². The van der Waals surface area contributed by atoms with Crippen molar-refractivity contribution in [3.8, 4) is 22.6 Å². The van der Waals surface area contributed by atoms with Crippen LogP contribution in [0, 0.1) is 0 Å². The van der Waals surface area contributed by atoms with Gasteiger partial charge in [-0.05, 0) is 36.8 Å². The van der Waals surface area contributed by atoms with Crippen LogP contribution in [0.5, 0.6) is 11.5 Å². The lowest BCUT2D eigenvalue weighted by Gasteiger charge is -2.08. The molecule has 1 heterocycles. The highest BCUT2D eigenvalue weighted by molar-refractivity contribution is 5.80. The topological polar surface area (TPSA) is 69.7 Å². The molecule has 1 aromatic heterocycles. The zero-order valence-electron chi connectivity index (χ0n) is 11.8. The Balaban J connectivity index is 2.38. The summed E-state index contributed by atoms with van der Waals surface area (Å²) in [4.78, 5) is 8.35. The summed E-state index contributed by atoms with van der Waals surface area (Å²) in [6.45, 7) is 1.72. The van der Waals surface area contributed by atoms with Crippen LogP contribution < -0.4 is 15.2 Å². The minimum atomic E-state index is 0.480. The summed E-state index contributed by atoms with van der Waals surface area (Å²) in [5, 5.41) is 0. The maximum absolute atomic E-state index is 5.53. The minimum Gasteiger partial charge on any atom is -0.497 e. The number of nitrogens with zero attached hydrogens (tertiary/aromatic N) is 2. The number of pyridine rings is 1. The summed E-state index contributed by atoms with van der Waals surface area (Å²) >= 11 is 0. The van der Waals surface area contributed by atoms with Gasteiger partial charge in [0, 0.05) is 17.8 Å². The smallest absolute Gasteiger partial charge is 0.153 e. The fraction of sp³-hybridized carbons (Fsp3) is 0.200. The maximum Gasteiger partial charge on any atom is 0.153 e. The standard InChI is InChI=1S/C15H17N3O2/c1-10(16)18-15-5-4-11(9-17-15)12-6-13(19-2)8-14(7-12)20-3/h4-9H,1-3H3,(H2,16,17,18). The van der Waals surface area contributed by atoms with Gasteiger partial charge in [-0.3, -0.25) is 0 Å². The first kappa shape index (κ1) is 13.9. The number of amidine groups is 1. The second kappa shape index (κ2) is 6.06. The second-order valence-corrected chi connectivity index (χ2v) is 4.26. The van der Waals surface area contributed by atoms with Gasteiger partial charge in [-0.1, -0.05) is 0 Å². The number of rotatable bonds is 4. The molecule has 5 nitrogen and oxygen atoms in total. The molecule has 0 fully saturated rings. The third-order valence-corrected chi connectivity index (χ3v) is 2.72. The van der Waals surface area contributed by atoms with Crippen molar-refractivity contribution in [1.82, 2.24) is 4.98 Å². The summed E-state index contributed by atoms with van der Waals surface area (Å²) in [5.41, 5.74) is 7.45. The Morgan fingerprint density at radius 2 is 1.70 bits per heavy atom. The van der Waals surface area contributed by atoms with Crippen molar-refractivity contribution in [1.29, 1.82) is 0 Å². The fourth-order valence-corrected chi connectivity index (χ4v) is 1.78. The van der Waals surface area contributed by atoms with Gasteiger partial charge in [0.15, 0.2) is 5.82 Å². The summed E-state index contributed by atoms with van der Waals surface area (Å²) in [7, 11) is 3.25. The molecule has 0 amide bonds. The van der Waals surface area contributed by atoms with Gasteiger partial charge in [0.1, 0.15) is 11.5 Å². The highest BCUT2D eigenvalue weighted by Crippen LogP contribution is 2.29. The monoisotopic (exact) mass is 271 g/mol. The number of hydrogen-bond donors (Lipinski definition) is 1. The molecule has 0 radical (unpaired) electrons. The van der Waals surface area contributed by atoms with E-state index in [0.29, 0.717) is 11.7 Å². The normalized spacial score (nSPS) is 11.2. The zero-order valence-corrected chi connectivity index (χ0v) is 11.8. The lowest BCUT2D eigenvalue weighted by Crippen LogP contribution is -2.04. The molecule has 0 aliphatic carbocycles. The third kappa shape index (κ3) is 3.26. The van der Waals surface area contributed by atoms with Crippen molar-refractivity contribution >= 4 is 11.7 Å². The number of methoxy groups -OCH3 is 2. The Hall–Kier alpha value is -2.56. The van der Waals surface area contributed by atoms with E-state index in [1.807, 2.05) is 30.3 Å². The lowest BCUT2D eigenvalue weighted by atomic mass is 10.1. The molecular formula is C15H17N3O2. The predicted molar refractivity (Wildman–Crippen MR) is 79.7 cm³/mol. The van der Waals surface area contributed by atoms with Crippen LogP contribution in [0.2, 0.25) is 0 Å². The van der Waals surface area contributed by atoms with E-state index in [2.05, 4.69) is 9.98 Å². The average molecular weight is 271 g/mol. The Morgan fingerprint density at radius 1 is 1.05 bits per heavy atom. The van der Waals surface area contributed by atoms with Crippen molar-refractivity contribution in [3.63, 3.8) is 0 Å². The molecule has 2 N–H and O–H groups in total. The van der Waals surface area contributed by atoms with E-state index < -0.39 is 0 Å². The van der Waals surface area contributed by atoms with Crippen LogP contribution in [0.15, 0.2) is 41.5 Å². The van der Waals surface area contributed by atoms with Gasteiger partial charge in [-0.15, -0.1) is 0 Å². The van der Waals surface area contributed by atoms with E-state index in [9.17, 15) is 0 Å². The molecule has 0 bridgehead atoms.